The minimum Gasteiger partial charge on any atom is -0.495 e. The van der Waals surface area contributed by atoms with Crippen molar-refractivity contribution in [1.82, 2.24) is 9.78 Å². The van der Waals surface area contributed by atoms with E-state index in [1.165, 1.54) is 49.6 Å². The van der Waals surface area contributed by atoms with Crippen molar-refractivity contribution in [2.45, 2.75) is 11.1 Å². The molecule has 0 spiro atoms. The normalized spacial score (nSPS) is 12.2. The minimum atomic E-state index is -4.74. The molecular weight excluding hydrogens is 419 g/mol. The van der Waals surface area contributed by atoms with E-state index < -0.39 is 21.9 Å². The maximum Gasteiger partial charge on any atom is 0.435 e. The SMILES string of the molecule is COc1ccc(-c2cc(C(F)(F)F)nn2-c2ccccc2S(N)(=O)=O)cc1Cl. The van der Waals surface area contributed by atoms with Crippen molar-refractivity contribution in [3.8, 4) is 22.7 Å². The summed E-state index contributed by atoms with van der Waals surface area (Å²) in [6, 6.07) is 10.5. The molecule has 0 aliphatic carbocycles. The number of ether oxygens (including phenoxy) is 1. The van der Waals surface area contributed by atoms with E-state index >= 15 is 0 Å². The molecule has 148 valence electrons. The smallest absolute Gasteiger partial charge is 0.435 e. The molecule has 0 bridgehead atoms. The number of para-hydroxylation sites is 1. The lowest BCUT2D eigenvalue weighted by Crippen LogP contribution is -2.16. The highest BCUT2D eigenvalue weighted by Crippen LogP contribution is 2.36. The van der Waals surface area contributed by atoms with Crippen molar-refractivity contribution in [3.63, 3.8) is 0 Å². The van der Waals surface area contributed by atoms with Crippen LogP contribution >= 0.6 is 11.6 Å². The van der Waals surface area contributed by atoms with Crippen LogP contribution in [-0.4, -0.2) is 25.3 Å². The first-order chi connectivity index (χ1) is 13.0. The Morgan fingerprint density at radius 2 is 1.82 bits per heavy atom. The van der Waals surface area contributed by atoms with E-state index in [1.54, 1.807) is 0 Å². The van der Waals surface area contributed by atoms with Crippen LogP contribution in [0.15, 0.2) is 53.4 Å². The fourth-order valence-electron chi connectivity index (χ4n) is 2.61. The van der Waals surface area contributed by atoms with Gasteiger partial charge in [0.1, 0.15) is 10.6 Å². The molecule has 3 aromatic rings. The van der Waals surface area contributed by atoms with Gasteiger partial charge >= 0.3 is 6.18 Å². The molecule has 6 nitrogen and oxygen atoms in total. The fraction of sp³-hybridized carbons (Fsp3) is 0.118. The highest BCUT2D eigenvalue weighted by atomic mass is 35.5. The maximum absolute atomic E-state index is 13.3. The zero-order valence-electron chi connectivity index (χ0n) is 14.2. The molecule has 2 aromatic carbocycles. The Balaban J connectivity index is 2.31. The maximum atomic E-state index is 13.3. The molecule has 3 rings (SSSR count). The Morgan fingerprint density at radius 1 is 1.14 bits per heavy atom. The second-order valence-corrected chi connectivity index (χ2v) is 7.62. The molecule has 0 fully saturated rings. The predicted octanol–water partition coefficient (Wildman–Crippen LogP) is 3.87. The molecule has 1 heterocycles. The number of sulfonamides is 1. The van der Waals surface area contributed by atoms with E-state index in [-0.39, 0.29) is 26.9 Å². The molecule has 28 heavy (non-hydrogen) atoms. The van der Waals surface area contributed by atoms with Gasteiger partial charge in [0.15, 0.2) is 5.69 Å². The van der Waals surface area contributed by atoms with Crippen molar-refractivity contribution in [3.05, 3.63) is 59.2 Å². The molecule has 0 saturated heterocycles. The number of hydrogen-bond acceptors (Lipinski definition) is 4. The lowest BCUT2D eigenvalue weighted by molar-refractivity contribution is -0.141. The van der Waals surface area contributed by atoms with Crippen LogP contribution in [-0.2, 0) is 16.2 Å². The summed E-state index contributed by atoms with van der Waals surface area (Å²) in [7, 11) is -2.82. The van der Waals surface area contributed by atoms with Crippen LogP contribution in [0, 0.1) is 0 Å². The minimum absolute atomic E-state index is 0.0204. The van der Waals surface area contributed by atoms with Crippen molar-refractivity contribution >= 4 is 21.6 Å². The van der Waals surface area contributed by atoms with E-state index in [4.69, 9.17) is 21.5 Å². The monoisotopic (exact) mass is 431 g/mol. The summed E-state index contributed by atoms with van der Waals surface area (Å²) < 4.78 is 69.5. The Kier molecular flexibility index (Phi) is 5.13. The van der Waals surface area contributed by atoms with E-state index in [1.807, 2.05) is 0 Å². The number of methoxy groups -OCH3 is 1. The Morgan fingerprint density at radius 3 is 2.39 bits per heavy atom. The molecule has 0 unspecified atom stereocenters. The average Bonchev–Trinajstić information content (AvgIpc) is 3.06. The summed E-state index contributed by atoms with van der Waals surface area (Å²) >= 11 is 6.09. The molecule has 2 N–H and O–H groups in total. The zero-order chi connectivity index (χ0) is 20.7. The van der Waals surface area contributed by atoms with Gasteiger partial charge in [-0.3, -0.25) is 0 Å². The van der Waals surface area contributed by atoms with E-state index in [2.05, 4.69) is 5.10 Å². The van der Waals surface area contributed by atoms with Gasteiger partial charge < -0.3 is 4.74 Å². The lowest BCUT2D eigenvalue weighted by atomic mass is 10.1. The quantitative estimate of drug-likeness (QED) is 0.679. The first-order valence-corrected chi connectivity index (χ1v) is 9.58. The number of halogens is 4. The second kappa shape index (κ2) is 7.12. The number of aromatic nitrogens is 2. The van der Waals surface area contributed by atoms with Crippen molar-refractivity contribution < 1.29 is 26.3 Å². The third kappa shape index (κ3) is 3.84. The Labute approximate surface area is 163 Å². The summed E-state index contributed by atoms with van der Waals surface area (Å²) in [4.78, 5) is -0.368. The Hall–Kier alpha value is -2.56. The third-order valence-corrected chi connectivity index (χ3v) is 5.10. The average molecular weight is 432 g/mol. The van der Waals surface area contributed by atoms with Crippen LogP contribution in [0.3, 0.4) is 0 Å². The van der Waals surface area contributed by atoms with Crippen LogP contribution in [0.2, 0.25) is 5.02 Å². The van der Waals surface area contributed by atoms with Crippen molar-refractivity contribution in [2.24, 2.45) is 5.14 Å². The van der Waals surface area contributed by atoms with E-state index in [0.717, 1.165) is 10.7 Å². The van der Waals surface area contributed by atoms with Crippen molar-refractivity contribution in [1.29, 1.82) is 0 Å². The van der Waals surface area contributed by atoms with Crippen LogP contribution in [0.25, 0.3) is 16.9 Å². The summed E-state index contributed by atoms with van der Waals surface area (Å²) in [5.74, 6) is 0.331. The molecule has 1 aromatic heterocycles. The highest BCUT2D eigenvalue weighted by Gasteiger charge is 2.36. The number of nitrogens with zero attached hydrogens (tertiary/aromatic N) is 2. The van der Waals surface area contributed by atoms with Gasteiger partial charge in [0.05, 0.1) is 23.5 Å². The first kappa shape index (κ1) is 20.2. The van der Waals surface area contributed by atoms with Gasteiger partial charge in [-0.15, -0.1) is 0 Å². The van der Waals surface area contributed by atoms with Gasteiger partial charge in [-0.25, -0.2) is 18.2 Å². The molecule has 11 heteroatoms. The third-order valence-electron chi connectivity index (χ3n) is 3.85. The number of nitrogens with two attached hydrogens (primary N) is 1. The van der Waals surface area contributed by atoms with Gasteiger partial charge in [0.2, 0.25) is 10.0 Å². The summed E-state index contributed by atoms with van der Waals surface area (Å²) in [5, 5.41) is 8.95. The van der Waals surface area contributed by atoms with Crippen LogP contribution < -0.4 is 9.88 Å². The number of primary sulfonamides is 1. The molecule has 0 radical (unpaired) electrons. The fourth-order valence-corrected chi connectivity index (χ4v) is 3.58. The van der Waals surface area contributed by atoms with Gasteiger partial charge in [0.25, 0.3) is 0 Å². The molecule has 0 amide bonds. The number of hydrogen-bond donors (Lipinski definition) is 1. The standard InChI is InChI=1S/C17H13ClF3N3O3S/c1-27-14-7-6-10(8-11(14)18)13-9-16(17(19,20)21)23-24(13)12-4-2-3-5-15(12)28(22,25)26/h2-9H,1H3,(H2,22,25,26). The number of alkyl halides is 3. The molecular formula is C17H13ClF3N3O3S. The van der Waals surface area contributed by atoms with Crippen LogP contribution in [0.5, 0.6) is 5.75 Å². The largest absolute Gasteiger partial charge is 0.495 e. The molecule has 0 atom stereocenters. The van der Waals surface area contributed by atoms with Crippen molar-refractivity contribution in [2.75, 3.05) is 7.11 Å². The number of rotatable bonds is 4. The summed E-state index contributed by atoms with van der Waals surface area (Å²) in [6.07, 6.45) is -4.74. The topological polar surface area (TPSA) is 87.2 Å². The highest BCUT2D eigenvalue weighted by molar-refractivity contribution is 7.89. The summed E-state index contributed by atoms with van der Waals surface area (Å²) in [6.45, 7) is 0. The second-order valence-electron chi connectivity index (χ2n) is 5.69. The van der Waals surface area contributed by atoms with Crippen LogP contribution in [0.4, 0.5) is 13.2 Å². The van der Waals surface area contributed by atoms with Crippen LogP contribution in [0.1, 0.15) is 5.69 Å². The van der Waals surface area contributed by atoms with Gasteiger partial charge in [-0.2, -0.15) is 18.3 Å². The number of benzene rings is 2. The molecule has 0 saturated carbocycles. The van der Waals surface area contributed by atoms with E-state index in [0.29, 0.717) is 5.75 Å². The molecule has 0 aliphatic heterocycles. The first-order valence-electron chi connectivity index (χ1n) is 7.66. The zero-order valence-corrected chi connectivity index (χ0v) is 15.8. The van der Waals surface area contributed by atoms with Gasteiger partial charge in [-0.05, 0) is 36.4 Å². The lowest BCUT2D eigenvalue weighted by Gasteiger charge is -2.12. The predicted molar refractivity (Wildman–Crippen MR) is 96.9 cm³/mol. The Bertz CT molecular complexity index is 1140. The van der Waals surface area contributed by atoms with E-state index in [9.17, 15) is 21.6 Å². The summed E-state index contributed by atoms with van der Waals surface area (Å²) in [5.41, 5.74) is -1.06. The van der Waals surface area contributed by atoms with Gasteiger partial charge in [0, 0.05) is 5.56 Å². The van der Waals surface area contributed by atoms with Gasteiger partial charge in [-0.1, -0.05) is 23.7 Å². The molecule has 0 aliphatic rings.